The Bertz CT molecular complexity index is 203. The van der Waals surface area contributed by atoms with Gasteiger partial charge in [0.15, 0.2) is 0 Å². The van der Waals surface area contributed by atoms with Crippen LogP contribution < -0.4 is 0 Å². The molecule has 0 aromatic carbocycles. The minimum atomic E-state index is 0.0898. The summed E-state index contributed by atoms with van der Waals surface area (Å²) >= 11 is 0. The second-order valence-electron chi connectivity index (χ2n) is 3.85. The molecule has 1 amide bonds. The quantitative estimate of drug-likeness (QED) is 0.593. The molecule has 0 radical (unpaired) electrons. The van der Waals surface area contributed by atoms with Crippen LogP contribution in [0.3, 0.4) is 0 Å². The van der Waals surface area contributed by atoms with E-state index in [4.69, 9.17) is 9.47 Å². The number of rotatable bonds is 6. The molecule has 0 aliphatic carbocycles. The van der Waals surface area contributed by atoms with Gasteiger partial charge in [-0.25, -0.2) is 0 Å². The summed E-state index contributed by atoms with van der Waals surface area (Å²) in [4.78, 5) is 15.7. The van der Waals surface area contributed by atoms with Gasteiger partial charge in [-0.3, -0.25) is 9.69 Å². The fraction of sp³-hybridized carbons (Fsp3) is 0.909. The first kappa shape index (κ1) is 13.4. The topological polar surface area (TPSA) is 42.0 Å². The van der Waals surface area contributed by atoms with Crippen molar-refractivity contribution in [3.8, 4) is 0 Å². The molecule has 1 aliphatic rings. The summed E-state index contributed by atoms with van der Waals surface area (Å²) in [7, 11) is 1.55. The van der Waals surface area contributed by atoms with E-state index in [-0.39, 0.29) is 12.5 Å². The van der Waals surface area contributed by atoms with Crippen molar-refractivity contribution in [1.29, 1.82) is 0 Å². The molecule has 0 aromatic heterocycles. The first-order valence-corrected chi connectivity index (χ1v) is 5.84. The Morgan fingerprint density at radius 3 is 2.50 bits per heavy atom. The molecular weight excluding hydrogens is 208 g/mol. The van der Waals surface area contributed by atoms with Crippen LogP contribution in [0.4, 0.5) is 0 Å². The van der Waals surface area contributed by atoms with Gasteiger partial charge in [0, 0.05) is 46.4 Å². The molecule has 0 unspecified atom stereocenters. The normalized spacial score (nSPS) is 17.8. The summed E-state index contributed by atoms with van der Waals surface area (Å²) in [6, 6.07) is 0. The van der Waals surface area contributed by atoms with E-state index in [0.29, 0.717) is 0 Å². The molecule has 1 rings (SSSR count). The summed E-state index contributed by atoms with van der Waals surface area (Å²) < 4.78 is 10.1. The van der Waals surface area contributed by atoms with Gasteiger partial charge in [-0.2, -0.15) is 0 Å². The molecule has 0 atom stereocenters. The maximum absolute atomic E-state index is 11.5. The molecule has 1 aliphatic heterocycles. The maximum atomic E-state index is 11.5. The minimum Gasteiger partial charge on any atom is -0.380 e. The molecule has 0 spiro atoms. The van der Waals surface area contributed by atoms with Crippen LogP contribution in [0.25, 0.3) is 0 Å². The van der Waals surface area contributed by atoms with E-state index in [9.17, 15) is 4.79 Å². The van der Waals surface area contributed by atoms with E-state index in [1.54, 1.807) is 7.11 Å². The van der Waals surface area contributed by atoms with E-state index in [2.05, 4.69) is 4.90 Å². The molecule has 0 bridgehead atoms. The summed E-state index contributed by atoms with van der Waals surface area (Å²) in [5.41, 5.74) is 0. The minimum absolute atomic E-state index is 0.0898. The number of hydrogen-bond donors (Lipinski definition) is 0. The molecule has 1 fully saturated rings. The van der Waals surface area contributed by atoms with Crippen molar-refractivity contribution in [3.63, 3.8) is 0 Å². The third-order valence-electron chi connectivity index (χ3n) is 2.75. The van der Waals surface area contributed by atoms with Gasteiger partial charge in [0.1, 0.15) is 6.61 Å². The predicted molar refractivity (Wildman–Crippen MR) is 61.4 cm³/mol. The fourth-order valence-electron chi connectivity index (χ4n) is 1.77. The van der Waals surface area contributed by atoms with Crippen LogP contribution in [-0.2, 0) is 14.3 Å². The molecule has 5 nitrogen and oxygen atoms in total. The van der Waals surface area contributed by atoms with Crippen molar-refractivity contribution < 1.29 is 14.3 Å². The van der Waals surface area contributed by atoms with Crippen molar-refractivity contribution >= 4 is 5.91 Å². The van der Waals surface area contributed by atoms with Crippen molar-refractivity contribution in [2.45, 2.75) is 6.92 Å². The first-order chi connectivity index (χ1) is 7.77. The van der Waals surface area contributed by atoms with E-state index < -0.39 is 0 Å². The Kier molecular flexibility index (Phi) is 6.37. The fourth-order valence-corrected chi connectivity index (χ4v) is 1.77. The lowest BCUT2D eigenvalue weighted by atomic mass is 10.3. The van der Waals surface area contributed by atoms with Gasteiger partial charge in [0.05, 0.1) is 6.61 Å². The smallest absolute Gasteiger partial charge is 0.248 e. The van der Waals surface area contributed by atoms with Gasteiger partial charge >= 0.3 is 0 Å². The third-order valence-corrected chi connectivity index (χ3v) is 2.75. The van der Waals surface area contributed by atoms with Crippen LogP contribution in [0.1, 0.15) is 6.92 Å². The van der Waals surface area contributed by atoms with Crippen molar-refractivity contribution in [3.05, 3.63) is 0 Å². The highest BCUT2D eigenvalue weighted by molar-refractivity contribution is 5.77. The summed E-state index contributed by atoms with van der Waals surface area (Å²) in [6.07, 6.45) is 0. The van der Waals surface area contributed by atoms with Gasteiger partial charge in [-0.15, -0.1) is 0 Å². The van der Waals surface area contributed by atoms with Crippen molar-refractivity contribution in [2.75, 3.05) is 59.7 Å². The SMILES string of the molecule is CCOCCN1CCN(C(=O)COC)CC1. The number of carbonyl (C=O) groups is 1. The van der Waals surface area contributed by atoms with Gasteiger partial charge in [-0.1, -0.05) is 0 Å². The lowest BCUT2D eigenvalue weighted by molar-refractivity contribution is -0.136. The van der Waals surface area contributed by atoms with Crippen molar-refractivity contribution in [1.82, 2.24) is 9.80 Å². The Hall–Kier alpha value is -0.650. The number of nitrogens with zero attached hydrogens (tertiary/aromatic N) is 2. The average molecular weight is 230 g/mol. The lowest BCUT2D eigenvalue weighted by Gasteiger charge is -2.34. The largest absolute Gasteiger partial charge is 0.380 e. The van der Waals surface area contributed by atoms with E-state index in [1.807, 2.05) is 11.8 Å². The Morgan fingerprint density at radius 1 is 1.25 bits per heavy atom. The third kappa shape index (κ3) is 4.47. The lowest BCUT2D eigenvalue weighted by Crippen LogP contribution is -2.50. The monoisotopic (exact) mass is 230 g/mol. The summed E-state index contributed by atoms with van der Waals surface area (Å²) in [6.45, 7) is 8.17. The second-order valence-corrected chi connectivity index (χ2v) is 3.85. The van der Waals surface area contributed by atoms with Crippen LogP contribution in [0.5, 0.6) is 0 Å². The van der Waals surface area contributed by atoms with E-state index in [0.717, 1.165) is 45.9 Å². The number of ether oxygens (including phenoxy) is 2. The summed E-state index contributed by atoms with van der Waals surface area (Å²) in [5, 5.41) is 0. The maximum Gasteiger partial charge on any atom is 0.248 e. The van der Waals surface area contributed by atoms with Crippen molar-refractivity contribution in [2.24, 2.45) is 0 Å². The number of piperazine rings is 1. The highest BCUT2D eigenvalue weighted by Gasteiger charge is 2.20. The van der Waals surface area contributed by atoms with E-state index in [1.165, 1.54) is 0 Å². The van der Waals surface area contributed by atoms with Crippen LogP contribution in [0.15, 0.2) is 0 Å². The molecule has 0 N–H and O–H groups in total. The first-order valence-electron chi connectivity index (χ1n) is 5.84. The van der Waals surface area contributed by atoms with Gasteiger partial charge < -0.3 is 14.4 Å². The van der Waals surface area contributed by atoms with Crippen LogP contribution in [-0.4, -0.2) is 75.4 Å². The van der Waals surface area contributed by atoms with Crippen LogP contribution >= 0.6 is 0 Å². The molecule has 0 aromatic rings. The highest BCUT2D eigenvalue weighted by atomic mass is 16.5. The van der Waals surface area contributed by atoms with Gasteiger partial charge in [-0.05, 0) is 6.92 Å². The van der Waals surface area contributed by atoms with Crippen LogP contribution in [0, 0.1) is 0 Å². The molecule has 1 saturated heterocycles. The standard InChI is InChI=1S/C11H22N2O3/c1-3-16-9-8-12-4-6-13(7-5-12)11(14)10-15-2/h3-10H2,1-2H3. The molecule has 1 heterocycles. The zero-order chi connectivity index (χ0) is 11.8. The Morgan fingerprint density at radius 2 is 1.94 bits per heavy atom. The molecule has 94 valence electrons. The second kappa shape index (κ2) is 7.60. The zero-order valence-electron chi connectivity index (χ0n) is 10.3. The Labute approximate surface area is 97.3 Å². The Balaban J connectivity index is 2.15. The average Bonchev–Trinajstić information content (AvgIpc) is 2.30. The molecule has 0 saturated carbocycles. The predicted octanol–water partition coefficient (Wildman–Crippen LogP) is -0.186. The number of methoxy groups -OCH3 is 1. The van der Waals surface area contributed by atoms with Crippen LogP contribution in [0.2, 0.25) is 0 Å². The van der Waals surface area contributed by atoms with Gasteiger partial charge in [0.25, 0.3) is 0 Å². The molecular formula is C11H22N2O3. The highest BCUT2D eigenvalue weighted by Crippen LogP contribution is 2.02. The van der Waals surface area contributed by atoms with Gasteiger partial charge in [0.2, 0.25) is 5.91 Å². The molecule has 16 heavy (non-hydrogen) atoms. The summed E-state index contributed by atoms with van der Waals surface area (Å²) in [5.74, 6) is 0.0898. The number of amides is 1. The zero-order valence-corrected chi connectivity index (χ0v) is 10.3. The number of carbonyl (C=O) groups excluding carboxylic acids is 1. The van der Waals surface area contributed by atoms with E-state index >= 15 is 0 Å². The number of hydrogen-bond acceptors (Lipinski definition) is 4. The molecule has 5 heteroatoms.